The molecule has 0 saturated carbocycles. The van der Waals surface area contributed by atoms with Crippen LogP contribution in [-0.2, 0) is 24.3 Å². The Labute approximate surface area is 153 Å². The standard InChI is InChI=1S/C20H26N4O2/c1-14-11-18(26)24(13-17(25)22-20(2,3)4)19(21-14)23-10-9-15-7-5-6-8-16(15)12-23/h5-8,11H,9-10,12-13H2,1-4H3,(H,22,25). The highest BCUT2D eigenvalue weighted by molar-refractivity contribution is 5.76. The van der Waals surface area contributed by atoms with Crippen molar-refractivity contribution in [3.05, 3.63) is 57.5 Å². The molecule has 1 aliphatic heterocycles. The van der Waals surface area contributed by atoms with Crippen molar-refractivity contribution in [2.45, 2.75) is 52.7 Å². The average Bonchev–Trinajstić information content (AvgIpc) is 2.55. The van der Waals surface area contributed by atoms with Crippen LogP contribution in [-0.4, -0.2) is 27.5 Å². The van der Waals surface area contributed by atoms with E-state index in [1.807, 2.05) is 39.8 Å². The molecule has 0 bridgehead atoms. The summed E-state index contributed by atoms with van der Waals surface area (Å²) in [5, 5.41) is 2.91. The number of benzene rings is 1. The molecule has 1 N–H and O–H groups in total. The fraction of sp³-hybridized carbons (Fsp3) is 0.450. The van der Waals surface area contributed by atoms with E-state index in [-0.39, 0.29) is 23.6 Å². The Morgan fingerprint density at radius 1 is 1.23 bits per heavy atom. The van der Waals surface area contributed by atoms with E-state index in [1.165, 1.54) is 21.8 Å². The van der Waals surface area contributed by atoms with Crippen LogP contribution in [0, 0.1) is 6.92 Å². The van der Waals surface area contributed by atoms with Gasteiger partial charge in [-0.05, 0) is 45.2 Å². The molecular weight excluding hydrogens is 328 g/mol. The van der Waals surface area contributed by atoms with Crippen LogP contribution in [0.25, 0.3) is 0 Å². The minimum absolute atomic E-state index is 0.0309. The van der Waals surface area contributed by atoms with Gasteiger partial charge in [-0.15, -0.1) is 0 Å². The predicted molar refractivity (Wildman–Crippen MR) is 102 cm³/mol. The summed E-state index contributed by atoms with van der Waals surface area (Å²) < 4.78 is 1.47. The number of amides is 1. The number of aromatic nitrogens is 2. The molecule has 0 saturated heterocycles. The normalized spacial score (nSPS) is 14.1. The summed E-state index contributed by atoms with van der Waals surface area (Å²) in [6, 6.07) is 9.79. The first kappa shape index (κ1) is 18.2. The first-order valence-corrected chi connectivity index (χ1v) is 8.94. The number of hydrogen-bond donors (Lipinski definition) is 1. The number of fused-ring (bicyclic) bond motifs is 1. The SMILES string of the molecule is Cc1cc(=O)n(CC(=O)NC(C)(C)C)c(N2CCc3ccccc3C2)n1. The quantitative estimate of drug-likeness (QED) is 0.916. The second kappa shape index (κ2) is 6.94. The highest BCUT2D eigenvalue weighted by atomic mass is 16.2. The van der Waals surface area contributed by atoms with Gasteiger partial charge in [0.1, 0.15) is 6.54 Å². The second-order valence-electron chi connectivity index (χ2n) is 7.86. The molecule has 6 nitrogen and oxygen atoms in total. The molecule has 2 aromatic rings. The lowest BCUT2D eigenvalue weighted by Gasteiger charge is -2.31. The van der Waals surface area contributed by atoms with Gasteiger partial charge in [0.05, 0.1) is 0 Å². The third kappa shape index (κ3) is 4.12. The summed E-state index contributed by atoms with van der Waals surface area (Å²) in [5.74, 6) is 0.373. The van der Waals surface area contributed by atoms with Crippen LogP contribution >= 0.6 is 0 Å². The molecule has 0 aliphatic carbocycles. The fourth-order valence-electron chi connectivity index (χ4n) is 3.26. The number of carbonyl (C=O) groups excluding carboxylic acids is 1. The number of rotatable bonds is 3. The summed E-state index contributed by atoms with van der Waals surface area (Å²) >= 11 is 0. The maximum Gasteiger partial charge on any atom is 0.255 e. The molecule has 1 aliphatic rings. The molecule has 0 atom stereocenters. The van der Waals surface area contributed by atoms with Crippen molar-refractivity contribution in [1.29, 1.82) is 0 Å². The van der Waals surface area contributed by atoms with Crippen LogP contribution in [0.3, 0.4) is 0 Å². The summed E-state index contributed by atoms with van der Waals surface area (Å²) in [6.07, 6.45) is 0.897. The van der Waals surface area contributed by atoms with Crippen molar-refractivity contribution in [1.82, 2.24) is 14.9 Å². The van der Waals surface area contributed by atoms with Crippen molar-refractivity contribution < 1.29 is 4.79 Å². The molecule has 0 fully saturated rings. The van der Waals surface area contributed by atoms with Gasteiger partial charge < -0.3 is 10.2 Å². The lowest BCUT2D eigenvalue weighted by molar-refractivity contribution is -0.123. The Morgan fingerprint density at radius 2 is 1.92 bits per heavy atom. The number of anilines is 1. The molecule has 26 heavy (non-hydrogen) atoms. The minimum atomic E-state index is -0.344. The van der Waals surface area contributed by atoms with Gasteiger partial charge >= 0.3 is 0 Å². The molecule has 0 spiro atoms. The van der Waals surface area contributed by atoms with Gasteiger partial charge in [-0.2, -0.15) is 0 Å². The van der Waals surface area contributed by atoms with E-state index in [0.717, 1.165) is 13.0 Å². The Bertz CT molecular complexity index is 880. The van der Waals surface area contributed by atoms with E-state index in [2.05, 4.69) is 27.3 Å². The average molecular weight is 354 g/mol. The van der Waals surface area contributed by atoms with Crippen molar-refractivity contribution in [3.63, 3.8) is 0 Å². The maximum atomic E-state index is 12.6. The van der Waals surface area contributed by atoms with Crippen molar-refractivity contribution in [3.8, 4) is 0 Å². The minimum Gasteiger partial charge on any atom is -0.350 e. The van der Waals surface area contributed by atoms with E-state index in [1.54, 1.807) is 0 Å². The molecular formula is C20H26N4O2. The molecule has 1 amide bonds. The molecule has 1 aromatic heterocycles. The van der Waals surface area contributed by atoms with Gasteiger partial charge in [0.25, 0.3) is 5.56 Å². The van der Waals surface area contributed by atoms with Gasteiger partial charge in [0.15, 0.2) is 0 Å². The number of aryl methyl sites for hydroxylation is 1. The van der Waals surface area contributed by atoms with E-state index in [0.29, 0.717) is 18.2 Å². The smallest absolute Gasteiger partial charge is 0.255 e. The van der Waals surface area contributed by atoms with Gasteiger partial charge in [-0.25, -0.2) is 4.98 Å². The summed E-state index contributed by atoms with van der Waals surface area (Å²) in [6.45, 7) is 9.00. The monoisotopic (exact) mass is 354 g/mol. The number of nitrogens with one attached hydrogen (secondary N) is 1. The number of carbonyl (C=O) groups is 1. The molecule has 1 aromatic carbocycles. The van der Waals surface area contributed by atoms with Crippen molar-refractivity contribution >= 4 is 11.9 Å². The van der Waals surface area contributed by atoms with Gasteiger partial charge in [-0.3, -0.25) is 14.2 Å². The van der Waals surface area contributed by atoms with Crippen LogP contribution in [0.1, 0.15) is 37.6 Å². The zero-order valence-corrected chi connectivity index (χ0v) is 15.9. The fourth-order valence-corrected chi connectivity index (χ4v) is 3.26. The molecule has 138 valence electrons. The van der Waals surface area contributed by atoms with Crippen LogP contribution in [0.4, 0.5) is 5.95 Å². The summed E-state index contributed by atoms with van der Waals surface area (Å²) in [5.41, 5.74) is 2.69. The second-order valence-corrected chi connectivity index (χ2v) is 7.86. The Morgan fingerprint density at radius 3 is 2.62 bits per heavy atom. The molecule has 2 heterocycles. The maximum absolute atomic E-state index is 12.6. The van der Waals surface area contributed by atoms with Crippen LogP contribution in [0.5, 0.6) is 0 Å². The lowest BCUT2D eigenvalue weighted by Crippen LogP contribution is -2.45. The Balaban J connectivity index is 1.92. The Hall–Kier alpha value is -2.63. The lowest BCUT2D eigenvalue weighted by atomic mass is 10.0. The predicted octanol–water partition coefficient (Wildman–Crippen LogP) is 2.03. The first-order valence-electron chi connectivity index (χ1n) is 8.94. The third-order valence-electron chi connectivity index (χ3n) is 4.35. The molecule has 0 unspecified atom stereocenters. The van der Waals surface area contributed by atoms with Crippen molar-refractivity contribution in [2.75, 3.05) is 11.4 Å². The highest BCUT2D eigenvalue weighted by Gasteiger charge is 2.22. The topological polar surface area (TPSA) is 67.2 Å². The zero-order valence-electron chi connectivity index (χ0n) is 15.9. The molecule has 6 heteroatoms. The van der Waals surface area contributed by atoms with E-state index < -0.39 is 0 Å². The van der Waals surface area contributed by atoms with E-state index >= 15 is 0 Å². The Kier molecular flexibility index (Phi) is 4.85. The van der Waals surface area contributed by atoms with E-state index in [9.17, 15) is 9.59 Å². The van der Waals surface area contributed by atoms with Crippen LogP contribution < -0.4 is 15.8 Å². The van der Waals surface area contributed by atoms with Gasteiger partial charge in [-0.1, -0.05) is 24.3 Å². The van der Waals surface area contributed by atoms with Crippen molar-refractivity contribution in [2.24, 2.45) is 0 Å². The largest absolute Gasteiger partial charge is 0.350 e. The zero-order chi connectivity index (χ0) is 18.9. The van der Waals surface area contributed by atoms with Crippen LogP contribution in [0.2, 0.25) is 0 Å². The first-order chi connectivity index (χ1) is 12.2. The number of hydrogen-bond acceptors (Lipinski definition) is 4. The highest BCUT2D eigenvalue weighted by Crippen LogP contribution is 2.22. The van der Waals surface area contributed by atoms with E-state index in [4.69, 9.17) is 0 Å². The molecule has 3 rings (SSSR count). The van der Waals surface area contributed by atoms with Crippen LogP contribution in [0.15, 0.2) is 35.1 Å². The summed E-state index contributed by atoms with van der Waals surface area (Å²) in [4.78, 5) is 31.6. The van der Waals surface area contributed by atoms with Gasteiger partial charge in [0.2, 0.25) is 11.9 Å². The molecule has 0 radical (unpaired) electrons. The third-order valence-corrected chi connectivity index (χ3v) is 4.35. The summed E-state index contributed by atoms with van der Waals surface area (Å²) in [7, 11) is 0. The number of nitrogens with zero attached hydrogens (tertiary/aromatic N) is 3. The van der Waals surface area contributed by atoms with Gasteiger partial charge in [0, 0.05) is 30.4 Å².